The van der Waals surface area contributed by atoms with Crippen molar-refractivity contribution in [1.29, 1.82) is 0 Å². The Balaban J connectivity index is 1.66. The maximum absolute atomic E-state index is 13.5. The highest BCUT2D eigenvalue weighted by Gasteiger charge is 2.38. The molecular formula is C24H20BrN3O3. The van der Waals surface area contributed by atoms with Gasteiger partial charge in [-0.2, -0.15) is 0 Å². The van der Waals surface area contributed by atoms with Crippen molar-refractivity contribution >= 4 is 50.7 Å². The number of halogens is 1. The third-order valence-corrected chi connectivity index (χ3v) is 5.67. The molecule has 0 aliphatic carbocycles. The Morgan fingerprint density at radius 2 is 1.68 bits per heavy atom. The van der Waals surface area contributed by atoms with Crippen molar-refractivity contribution in [1.82, 2.24) is 0 Å². The molecule has 1 aliphatic heterocycles. The number of para-hydroxylation sites is 2. The van der Waals surface area contributed by atoms with Crippen LogP contribution in [0.5, 0.6) is 0 Å². The van der Waals surface area contributed by atoms with Crippen molar-refractivity contribution in [2.75, 3.05) is 15.5 Å². The lowest BCUT2D eigenvalue weighted by molar-refractivity contribution is -0.122. The van der Waals surface area contributed by atoms with Crippen LogP contribution in [0.4, 0.5) is 17.1 Å². The van der Waals surface area contributed by atoms with E-state index >= 15 is 0 Å². The standard InChI is InChI=1S/C24H20BrN3O3/c1-15-6-2-3-7-18(15)24(31)28-20-9-5-4-8-19(20)27-23(30)21(28)14-22(29)26-17-12-10-16(25)11-13-17/h2-13,21H,14H2,1H3,(H,26,29)(H,27,30). The first-order chi connectivity index (χ1) is 14.9. The minimum atomic E-state index is -0.975. The van der Waals surface area contributed by atoms with Gasteiger partial charge in [-0.1, -0.05) is 46.3 Å². The number of nitrogens with one attached hydrogen (secondary N) is 2. The number of benzene rings is 3. The van der Waals surface area contributed by atoms with Crippen LogP contribution in [0.2, 0.25) is 0 Å². The van der Waals surface area contributed by atoms with Gasteiger partial charge in [0.05, 0.1) is 17.8 Å². The number of rotatable bonds is 4. The quantitative estimate of drug-likeness (QED) is 0.568. The molecule has 1 heterocycles. The van der Waals surface area contributed by atoms with Crippen LogP contribution >= 0.6 is 15.9 Å². The molecule has 0 aromatic heterocycles. The summed E-state index contributed by atoms with van der Waals surface area (Å²) >= 11 is 3.36. The number of hydrogen-bond acceptors (Lipinski definition) is 3. The summed E-state index contributed by atoms with van der Waals surface area (Å²) in [5.41, 5.74) is 3.01. The molecule has 3 amide bonds. The van der Waals surface area contributed by atoms with Crippen molar-refractivity contribution in [2.24, 2.45) is 0 Å². The molecule has 1 unspecified atom stereocenters. The maximum atomic E-state index is 13.5. The van der Waals surface area contributed by atoms with E-state index in [-0.39, 0.29) is 18.2 Å². The van der Waals surface area contributed by atoms with Gasteiger partial charge in [0.25, 0.3) is 5.91 Å². The summed E-state index contributed by atoms with van der Waals surface area (Å²) in [7, 11) is 0. The number of aryl methyl sites for hydroxylation is 1. The summed E-state index contributed by atoms with van der Waals surface area (Å²) in [5.74, 6) is -1.07. The molecule has 3 aromatic rings. The van der Waals surface area contributed by atoms with Crippen LogP contribution in [0.15, 0.2) is 77.3 Å². The average molecular weight is 478 g/mol. The third-order valence-electron chi connectivity index (χ3n) is 5.14. The Labute approximate surface area is 188 Å². The highest BCUT2D eigenvalue weighted by atomic mass is 79.9. The van der Waals surface area contributed by atoms with Gasteiger partial charge in [-0.25, -0.2) is 0 Å². The van der Waals surface area contributed by atoms with Gasteiger partial charge in [0.1, 0.15) is 6.04 Å². The number of fused-ring (bicyclic) bond motifs is 1. The lowest BCUT2D eigenvalue weighted by Gasteiger charge is -2.36. The van der Waals surface area contributed by atoms with E-state index in [1.54, 1.807) is 48.5 Å². The highest BCUT2D eigenvalue weighted by molar-refractivity contribution is 9.10. The van der Waals surface area contributed by atoms with Gasteiger partial charge in [-0.15, -0.1) is 0 Å². The normalized spacial score (nSPS) is 15.1. The molecule has 1 atom stereocenters. The fourth-order valence-corrected chi connectivity index (χ4v) is 3.85. The minimum absolute atomic E-state index is 0.173. The van der Waals surface area contributed by atoms with Gasteiger partial charge in [0.15, 0.2) is 0 Å². The number of carbonyl (C=O) groups is 3. The molecule has 0 saturated carbocycles. The van der Waals surface area contributed by atoms with E-state index in [9.17, 15) is 14.4 Å². The first kappa shape index (κ1) is 20.8. The van der Waals surface area contributed by atoms with Gasteiger partial charge >= 0.3 is 0 Å². The molecule has 1 aliphatic rings. The molecule has 4 rings (SSSR count). The second-order valence-electron chi connectivity index (χ2n) is 7.27. The Hall–Kier alpha value is -3.45. The SMILES string of the molecule is Cc1ccccc1C(=O)N1c2ccccc2NC(=O)C1CC(=O)Nc1ccc(Br)cc1. The number of anilines is 3. The topological polar surface area (TPSA) is 78.5 Å². The molecule has 6 nitrogen and oxygen atoms in total. The largest absolute Gasteiger partial charge is 0.326 e. The van der Waals surface area contributed by atoms with Crippen LogP contribution in [0.1, 0.15) is 22.3 Å². The number of amides is 3. The van der Waals surface area contributed by atoms with E-state index in [2.05, 4.69) is 26.6 Å². The highest BCUT2D eigenvalue weighted by Crippen LogP contribution is 2.34. The molecule has 3 aromatic carbocycles. The zero-order valence-corrected chi connectivity index (χ0v) is 18.3. The van der Waals surface area contributed by atoms with Gasteiger partial charge in [0.2, 0.25) is 11.8 Å². The third kappa shape index (κ3) is 4.36. The predicted molar refractivity (Wildman–Crippen MR) is 124 cm³/mol. The molecule has 0 bridgehead atoms. The lowest BCUT2D eigenvalue weighted by atomic mass is 10.0. The van der Waals surface area contributed by atoms with Crippen molar-refractivity contribution in [2.45, 2.75) is 19.4 Å². The Morgan fingerprint density at radius 1 is 1.00 bits per heavy atom. The Morgan fingerprint density at radius 3 is 2.42 bits per heavy atom. The smallest absolute Gasteiger partial charge is 0.259 e. The first-order valence-electron chi connectivity index (χ1n) is 9.78. The first-order valence-corrected chi connectivity index (χ1v) is 10.6. The number of hydrogen-bond donors (Lipinski definition) is 2. The molecule has 2 N–H and O–H groups in total. The van der Waals surface area contributed by atoms with Gasteiger partial charge in [-0.05, 0) is 55.0 Å². The molecular weight excluding hydrogens is 458 g/mol. The fraction of sp³-hybridized carbons (Fsp3) is 0.125. The minimum Gasteiger partial charge on any atom is -0.326 e. The Bertz CT molecular complexity index is 1160. The predicted octanol–water partition coefficient (Wildman–Crippen LogP) is 4.75. The summed E-state index contributed by atoms with van der Waals surface area (Å²) in [6.45, 7) is 1.85. The van der Waals surface area contributed by atoms with Gasteiger partial charge < -0.3 is 10.6 Å². The van der Waals surface area contributed by atoms with Crippen LogP contribution in [0.3, 0.4) is 0 Å². The van der Waals surface area contributed by atoms with E-state index in [4.69, 9.17) is 0 Å². The molecule has 0 saturated heterocycles. The van der Waals surface area contributed by atoms with Crippen molar-refractivity contribution in [3.63, 3.8) is 0 Å². The van der Waals surface area contributed by atoms with Crippen molar-refractivity contribution < 1.29 is 14.4 Å². The average Bonchev–Trinajstić information content (AvgIpc) is 2.76. The van der Waals surface area contributed by atoms with Crippen LogP contribution < -0.4 is 15.5 Å². The van der Waals surface area contributed by atoms with Crippen LogP contribution in [-0.4, -0.2) is 23.8 Å². The van der Waals surface area contributed by atoms with E-state index in [1.165, 1.54) is 4.90 Å². The molecule has 31 heavy (non-hydrogen) atoms. The maximum Gasteiger partial charge on any atom is 0.259 e. The van der Waals surface area contributed by atoms with Gasteiger partial charge in [0, 0.05) is 15.7 Å². The van der Waals surface area contributed by atoms with E-state index in [0.717, 1.165) is 10.0 Å². The lowest BCUT2D eigenvalue weighted by Crippen LogP contribution is -2.52. The molecule has 0 spiro atoms. The zero-order valence-electron chi connectivity index (χ0n) is 16.8. The number of nitrogens with zero attached hydrogens (tertiary/aromatic N) is 1. The van der Waals surface area contributed by atoms with Gasteiger partial charge in [-0.3, -0.25) is 19.3 Å². The molecule has 0 radical (unpaired) electrons. The van der Waals surface area contributed by atoms with Crippen LogP contribution in [-0.2, 0) is 9.59 Å². The van der Waals surface area contributed by atoms with E-state index in [0.29, 0.717) is 22.6 Å². The second-order valence-corrected chi connectivity index (χ2v) is 8.19. The molecule has 156 valence electrons. The van der Waals surface area contributed by atoms with E-state index < -0.39 is 11.9 Å². The molecule has 7 heteroatoms. The summed E-state index contributed by atoms with van der Waals surface area (Å²) in [6, 6.07) is 20.5. The van der Waals surface area contributed by atoms with Crippen LogP contribution in [0, 0.1) is 6.92 Å². The zero-order chi connectivity index (χ0) is 22.0. The van der Waals surface area contributed by atoms with E-state index in [1.807, 2.05) is 31.2 Å². The molecule has 0 fully saturated rings. The summed E-state index contributed by atoms with van der Waals surface area (Å²) in [5, 5.41) is 5.61. The number of carbonyl (C=O) groups excluding carboxylic acids is 3. The fourth-order valence-electron chi connectivity index (χ4n) is 3.59. The van der Waals surface area contributed by atoms with Crippen molar-refractivity contribution in [3.05, 3.63) is 88.4 Å². The summed E-state index contributed by atoms with van der Waals surface area (Å²) < 4.78 is 0.892. The van der Waals surface area contributed by atoms with Crippen LogP contribution in [0.25, 0.3) is 0 Å². The van der Waals surface area contributed by atoms with Crippen molar-refractivity contribution in [3.8, 4) is 0 Å². The summed E-state index contributed by atoms with van der Waals surface area (Å²) in [4.78, 5) is 40.6. The monoisotopic (exact) mass is 477 g/mol. The Kier molecular flexibility index (Phi) is 5.86. The second kappa shape index (κ2) is 8.73. The summed E-state index contributed by atoms with van der Waals surface area (Å²) in [6.07, 6.45) is -0.173.